The number of hydrogen-bond donors (Lipinski definition) is 3. The monoisotopic (exact) mass is 454 g/mol. The third kappa shape index (κ3) is 4.98. The topological polar surface area (TPSA) is 104 Å². The Balaban J connectivity index is 1.57. The van der Waals surface area contributed by atoms with Gasteiger partial charge in [-0.25, -0.2) is 4.98 Å². The van der Waals surface area contributed by atoms with Crippen LogP contribution in [0.5, 0.6) is 0 Å². The Kier molecular flexibility index (Phi) is 6.11. The molecule has 158 valence electrons. The largest absolute Gasteiger partial charge is 0.326 e. The lowest BCUT2D eigenvalue weighted by Crippen LogP contribution is -2.36. The van der Waals surface area contributed by atoms with Crippen molar-refractivity contribution in [2.45, 2.75) is 30.2 Å². The van der Waals surface area contributed by atoms with E-state index in [1.54, 1.807) is 24.3 Å². The van der Waals surface area contributed by atoms with E-state index in [0.717, 1.165) is 11.1 Å². The van der Waals surface area contributed by atoms with Gasteiger partial charge in [0.2, 0.25) is 11.8 Å². The van der Waals surface area contributed by atoms with Gasteiger partial charge in [-0.3, -0.25) is 14.4 Å². The molecule has 2 heterocycles. The van der Waals surface area contributed by atoms with Crippen molar-refractivity contribution in [2.24, 2.45) is 0 Å². The fourth-order valence-electron chi connectivity index (χ4n) is 3.36. The lowest BCUT2D eigenvalue weighted by molar-refractivity contribution is -0.123. The van der Waals surface area contributed by atoms with Gasteiger partial charge >= 0.3 is 0 Å². The van der Waals surface area contributed by atoms with Crippen LogP contribution in [0.15, 0.2) is 58.5 Å². The van der Waals surface area contributed by atoms with Gasteiger partial charge in [-0.05, 0) is 36.8 Å². The van der Waals surface area contributed by atoms with Gasteiger partial charge in [0.1, 0.15) is 5.82 Å². The van der Waals surface area contributed by atoms with Gasteiger partial charge in [0.05, 0.1) is 11.5 Å². The van der Waals surface area contributed by atoms with Crippen LogP contribution in [0.3, 0.4) is 0 Å². The molecular formula is C22H19ClN4O3S. The predicted octanol–water partition coefficient (Wildman–Crippen LogP) is 4.09. The number of carbonyl (C=O) groups excluding carboxylic acids is 2. The van der Waals surface area contributed by atoms with Crippen LogP contribution in [0.4, 0.5) is 11.5 Å². The molecule has 0 fully saturated rings. The maximum atomic E-state index is 12.8. The Hall–Kier alpha value is -3.10. The maximum Gasteiger partial charge on any atom is 0.257 e. The molecule has 2 amide bonds. The molecule has 0 unspecified atom stereocenters. The molecule has 0 saturated heterocycles. The fraction of sp³-hybridized carbons (Fsp3) is 0.182. The van der Waals surface area contributed by atoms with Crippen molar-refractivity contribution < 1.29 is 9.59 Å². The number of nitrogens with one attached hydrogen (secondary N) is 3. The molecule has 0 aliphatic carbocycles. The minimum absolute atomic E-state index is 0.128. The minimum atomic E-state index is -0.938. The maximum absolute atomic E-state index is 12.8. The molecule has 1 aliphatic rings. The van der Waals surface area contributed by atoms with Crippen LogP contribution in [-0.4, -0.2) is 21.8 Å². The van der Waals surface area contributed by atoms with Crippen LogP contribution >= 0.6 is 23.4 Å². The number of rotatable bonds is 5. The van der Waals surface area contributed by atoms with Crippen molar-refractivity contribution in [3.8, 4) is 0 Å². The van der Waals surface area contributed by atoms with E-state index in [0.29, 0.717) is 21.6 Å². The second-order valence-electron chi connectivity index (χ2n) is 7.21. The second-order valence-corrected chi connectivity index (χ2v) is 8.61. The Morgan fingerprint density at radius 3 is 2.74 bits per heavy atom. The fourth-order valence-corrected chi connectivity index (χ4v) is 4.29. The molecule has 0 radical (unpaired) electrons. The summed E-state index contributed by atoms with van der Waals surface area (Å²) in [6.07, 6.45) is -0.132. The van der Waals surface area contributed by atoms with Gasteiger partial charge in [0.15, 0.2) is 5.16 Å². The zero-order valence-electron chi connectivity index (χ0n) is 16.6. The zero-order valence-corrected chi connectivity index (χ0v) is 18.1. The number of aromatic amines is 1. The van der Waals surface area contributed by atoms with Crippen molar-refractivity contribution >= 4 is 46.7 Å². The van der Waals surface area contributed by atoms with Gasteiger partial charge in [-0.15, -0.1) is 0 Å². The van der Waals surface area contributed by atoms with Crippen LogP contribution in [0.2, 0.25) is 5.02 Å². The first-order chi connectivity index (χ1) is 14.9. The first-order valence-electron chi connectivity index (χ1n) is 9.58. The molecule has 1 aromatic heterocycles. The highest BCUT2D eigenvalue weighted by Crippen LogP contribution is 2.31. The molecule has 1 aliphatic heterocycles. The number of amides is 2. The number of nitrogens with zero attached hydrogens (tertiary/aromatic N) is 1. The zero-order chi connectivity index (χ0) is 22.0. The number of aromatic nitrogens is 2. The second kappa shape index (κ2) is 8.95. The summed E-state index contributed by atoms with van der Waals surface area (Å²) in [6.45, 7) is 2.01. The molecular weight excluding hydrogens is 436 g/mol. The lowest BCUT2D eigenvalue weighted by Gasteiger charge is -2.23. The molecule has 0 spiro atoms. The quantitative estimate of drug-likeness (QED) is 0.398. The molecule has 9 heteroatoms. The summed E-state index contributed by atoms with van der Waals surface area (Å²) in [7, 11) is 0. The van der Waals surface area contributed by atoms with Crippen molar-refractivity contribution in [3.05, 3.63) is 80.6 Å². The van der Waals surface area contributed by atoms with Gasteiger partial charge in [-0.1, -0.05) is 53.2 Å². The average Bonchev–Trinajstić information content (AvgIpc) is 2.73. The number of fused-ring (bicyclic) bond motifs is 1. The van der Waals surface area contributed by atoms with Gasteiger partial charge in [-0.2, -0.15) is 0 Å². The standard InChI is InChI=1S/C22H19ClN4O3S/c1-12-3-2-4-13(9-12)11-31-22-26-19-18(21(30)27-22)16(10-17(28)25-19)20(29)24-15-7-5-14(23)6-8-15/h2-9,16H,10-11H2,1H3,(H,24,29)(H2,25,26,27,28,30)/t16-/m0/s1. The van der Waals surface area contributed by atoms with E-state index >= 15 is 0 Å². The molecule has 0 saturated carbocycles. The van der Waals surface area contributed by atoms with Crippen molar-refractivity contribution in [1.82, 2.24) is 9.97 Å². The highest BCUT2D eigenvalue weighted by Gasteiger charge is 2.34. The summed E-state index contributed by atoms with van der Waals surface area (Å²) < 4.78 is 0. The third-order valence-electron chi connectivity index (χ3n) is 4.82. The number of aryl methyl sites for hydroxylation is 1. The van der Waals surface area contributed by atoms with Gasteiger partial charge in [0.25, 0.3) is 5.56 Å². The summed E-state index contributed by atoms with van der Waals surface area (Å²) >= 11 is 7.22. The number of thioether (sulfide) groups is 1. The molecule has 3 N–H and O–H groups in total. The molecule has 0 bridgehead atoms. The highest BCUT2D eigenvalue weighted by molar-refractivity contribution is 7.98. The Bertz CT molecular complexity index is 1210. The Labute approximate surface area is 187 Å². The average molecular weight is 455 g/mol. The van der Waals surface area contributed by atoms with E-state index in [4.69, 9.17) is 11.6 Å². The summed E-state index contributed by atoms with van der Waals surface area (Å²) in [6, 6.07) is 14.6. The van der Waals surface area contributed by atoms with Crippen LogP contribution in [-0.2, 0) is 15.3 Å². The number of hydrogen-bond acceptors (Lipinski definition) is 5. The summed E-state index contributed by atoms with van der Waals surface area (Å²) in [4.78, 5) is 45.0. The molecule has 7 nitrogen and oxygen atoms in total. The van der Waals surface area contributed by atoms with E-state index < -0.39 is 17.4 Å². The number of benzene rings is 2. The number of anilines is 2. The van der Waals surface area contributed by atoms with Crippen molar-refractivity contribution in [3.63, 3.8) is 0 Å². The first-order valence-corrected chi connectivity index (χ1v) is 10.9. The summed E-state index contributed by atoms with van der Waals surface area (Å²) in [5.41, 5.74) is 2.48. The first kappa shape index (κ1) is 21.1. The van der Waals surface area contributed by atoms with Gasteiger partial charge in [0, 0.05) is 22.9 Å². The van der Waals surface area contributed by atoms with Crippen LogP contribution < -0.4 is 16.2 Å². The molecule has 2 aromatic carbocycles. The smallest absolute Gasteiger partial charge is 0.257 e. The van der Waals surface area contributed by atoms with E-state index in [2.05, 4.69) is 26.7 Å². The summed E-state index contributed by atoms with van der Waals surface area (Å²) in [5, 5.41) is 6.27. The van der Waals surface area contributed by atoms with E-state index in [-0.39, 0.29) is 23.7 Å². The lowest BCUT2D eigenvalue weighted by atomic mass is 9.92. The van der Waals surface area contributed by atoms with Crippen molar-refractivity contribution in [2.75, 3.05) is 10.6 Å². The molecule has 4 rings (SSSR count). The number of H-pyrrole nitrogens is 1. The normalized spacial score (nSPS) is 15.2. The predicted molar refractivity (Wildman–Crippen MR) is 122 cm³/mol. The Morgan fingerprint density at radius 2 is 2.00 bits per heavy atom. The number of halogens is 1. The van der Waals surface area contributed by atoms with Crippen LogP contribution in [0.25, 0.3) is 0 Å². The molecule has 1 atom stereocenters. The SMILES string of the molecule is Cc1cccc(CSc2nc3c(c(=O)[nH]2)[C@@H](C(=O)Nc2ccc(Cl)cc2)CC(=O)N3)c1. The highest BCUT2D eigenvalue weighted by atomic mass is 35.5. The van der Waals surface area contributed by atoms with E-state index in [9.17, 15) is 14.4 Å². The van der Waals surface area contributed by atoms with E-state index in [1.165, 1.54) is 11.8 Å². The third-order valence-corrected chi connectivity index (χ3v) is 6.01. The van der Waals surface area contributed by atoms with Crippen molar-refractivity contribution in [1.29, 1.82) is 0 Å². The molecule has 31 heavy (non-hydrogen) atoms. The minimum Gasteiger partial charge on any atom is -0.326 e. The molecule has 3 aromatic rings. The number of carbonyl (C=O) groups is 2. The van der Waals surface area contributed by atoms with Crippen LogP contribution in [0.1, 0.15) is 29.0 Å². The van der Waals surface area contributed by atoms with Crippen LogP contribution in [0, 0.1) is 6.92 Å². The van der Waals surface area contributed by atoms with Gasteiger partial charge < -0.3 is 15.6 Å². The van der Waals surface area contributed by atoms with E-state index in [1.807, 2.05) is 25.1 Å². The summed E-state index contributed by atoms with van der Waals surface area (Å²) in [5.74, 6) is -1.02. The Morgan fingerprint density at radius 1 is 1.23 bits per heavy atom.